The maximum absolute atomic E-state index is 4.26. The van der Waals surface area contributed by atoms with Crippen LogP contribution in [0.5, 0.6) is 0 Å². The van der Waals surface area contributed by atoms with Crippen molar-refractivity contribution < 1.29 is 0 Å². The molecule has 0 atom stereocenters. The number of hydrogen-bond donors (Lipinski definition) is 1. The van der Waals surface area contributed by atoms with Gasteiger partial charge in [-0.3, -0.25) is 0 Å². The molecule has 0 amide bonds. The topological polar surface area (TPSA) is 44.8 Å². The third-order valence-corrected chi connectivity index (χ3v) is 3.62. The molecule has 2 aromatic rings. The van der Waals surface area contributed by atoms with Crippen molar-refractivity contribution in [1.29, 1.82) is 0 Å². The van der Waals surface area contributed by atoms with E-state index in [1.807, 2.05) is 0 Å². The Balaban J connectivity index is 2.28. The number of hydrogen-bond acceptors (Lipinski definition) is 3. The van der Waals surface area contributed by atoms with Crippen molar-refractivity contribution in [3.05, 3.63) is 17.7 Å². The summed E-state index contributed by atoms with van der Waals surface area (Å²) in [6, 6.07) is 4.25. The van der Waals surface area contributed by atoms with E-state index >= 15 is 0 Å². The molecular formula is C15H24N4. The second kappa shape index (κ2) is 6.55. The van der Waals surface area contributed by atoms with E-state index < -0.39 is 0 Å². The van der Waals surface area contributed by atoms with Crippen molar-refractivity contribution in [2.45, 2.75) is 46.5 Å². The lowest BCUT2D eigenvalue weighted by atomic mass is 10.1. The van der Waals surface area contributed by atoms with Crippen molar-refractivity contribution in [3.63, 3.8) is 0 Å². The second-order valence-electron chi connectivity index (χ2n) is 5.10. The third-order valence-electron chi connectivity index (χ3n) is 3.62. The summed E-state index contributed by atoms with van der Waals surface area (Å²) in [4.78, 5) is 2.50. The average molecular weight is 260 g/mol. The summed E-state index contributed by atoms with van der Waals surface area (Å²) >= 11 is 0. The average Bonchev–Trinajstić information content (AvgIpc) is 2.89. The summed E-state index contributed by atoms with van der Waals surface area (Å²) in [5.41, 5.74) is 4.49. The highest BCUT2D eigenvalue weighted by Gasteiger charge is 2.12. The van der Waals surface area contributed by atoms with Crippen LogP contribution < -0.4 is 4.90 Å². The molecular weight excluding hydrogens is 236 g/mol. The first-order chi connectivity index (χ1) is 9.27. The summed E-state index contributed by atoms with van der Waals surface area (Å²) in [7, 11) is 0. The Bertz CT molecular complexity index is 510. The van der Waals surface area contributed by atoms with Gasteiger partial charge in [-0.2, -0.15) is 15.4 Å². The van der Waals surface area contributed by atoms with Crippen molar-refractivity contribution in [3.8, 4) is 0 Å². The minimum atomic E-state index is 0.951. The SMILES string of the molecule is CCCCN(CCCC)c1ccc2n[nH]nc2c1C. The Morgan fingerprint density at radius 3 is 2.37 bits per heavy atom. The van der Waals surface area contributed by atoms with E-state index in [0.717, 1.165) is 24.1 Å². The van der Waals surface area contributed by atoms with Crippen LogP contribution in [0.4, 0.5) is 5.69 Å². The van der Waals surface area contributed by atoms with Crippen molar-refractivity contribution in [1.82, 2.24) is 15.4 Å². The summed E-state index contributed by atoms with van der Waals surface area (Å²) in [5, 5.41) is 11.1. The van der Waals surface area contributed by atoms with Gasteiger partial charge in [0.05, 0.1) is 0 Å². The maximum atomic E-state index is 4.26. The number of fused-ring (bicyclic) bond motifs is 1. The molecule has 104 valence electrons. The Morgan fingerprint density at radius 1 is 1.05 bits per heavy atom. The molecule has 0 radical (unpaired) electrons. The van der Waals surface area contributed by atoms with Crippen LogP contribution in [-0.2, 0) is 0 Å². The molecule has 1 heterocycles. The van der Waals surface area contributed by atoms with Crippen LogP contribution in [0.2, 0.25) is 0 Å². The first-order valence-electron chi connectivity index (χ1n) is 7.33. The molecule has 19 heavy (non-hydrogen) atoms. The van der Waals surface area contributed by atoms with E-state index in [-0.39, 0.29) is 0 Å². The van der Waals surface area contributed by atoms with Gasteiger partial charge >= 0.3 is 0 Å². The molecule has 0 fully saturated rings. The maximum Gasteiger partial charge on any atom is 0.117 e. The summed E-state index contributed by atoms with van der Waals surface area (Å²) in [6.45, 7) is 8.88. The van der Waals surface area contributed by atoms with Gasteiger partial charge in [0.25, 0.3) is 0 Å². The Hall–Kier alpha value is -1.58. The van der Waals surface area contributed by atoms with Gasteiger partial charge in [0.2, 0.25) is 0 Å². The molecule has 1 aromatic carbocycles. The molecule has 4 nitrogen and oxygen atoms in total. The van der Waals surface area contributed by atoms with Gasteiger partial charge in [-0.15, -0.1) is 0 Å². The first kappa shape index (κ1) is 13.8. The standard InChI is InChI=1S/C15H24N4/c1-4-6-10-19(11-7-5-2)14-9-8-13-15(12(14)3)17-18-16-13/h8-9H,4-7,10-11H2,1-3H3,(H,16,17,18). The van der Waals surface area contributed by atoms with Crippen LogP contribution in [-0.4, -0.2) is 28.5 Å². The highest BCUT2D eigenvalue weighted by Crippen LogP contribution is 2.26. The fraction of sp³-hybridized carbons (Fsp3) is 0.600. The molecule has 0 spiro atoms. The first-order valence-corrected chi connectivity index (χ1v) is 7.33. The van der Waals surface area contributed by atoms with Crippen LogP contribution in [0.15, 0.2) is 12.1 Å². The fourth-order valence-electron chi connectivity index (χ4n) is 2.43. The molecule has 0 unspecified atom stereocenters. The van der Waals surface area contributed by atoms with Crippen LogP contribution >= 0.6 is 0 Å². The second-order valence-corrected chi connectivity index (χ2v) is 5.10. The van der Waals surface area contributed by atoms with Gasteiger partial charge in [-0.1, -0.05) is 26.7 Å². The lowest BCUT2D eigenvalue weighted by molar-refractivity contribution is 0.677. The van der Waals surface area contributed by atoms with Gasteiger partial charge < -0.3 is 4.90 Å². The Labute approximate surface area is 115 Å². The van der Waals surface area contributed by atoms with Crippen molar-refractivity contribution in [2.24, 2.45) is 0 Å². The molecule has 0 saturated carbocycles. The number of benzene rings is 1. The third kappa shape index (κ3) is 3.06. The number of nitrogens with one attached hydrogen (secondary N) is 1. The van der Waals surface area contributed by atoms with E-state index in [0.29, 0.717) is 0 Å². The Kier molecular flexibility index (Phi) is 4.77. The van der Waals surface area contributed by atoms with E-state index in [2.05, 4.69) is 53.2 Å². The lowest BCUT2D eigenvalue weighted by Crippen LogP contribution is -2.26. The largest absolute Gasteiger partial charge is 0.371 e. The number of rotatable bonds is 7. The van der Waals surface area contributed by atoms with Crippen LogP contribution in [0.1, 0.15) is 45.1 Å². The zero-order chi connectivity index (χ0) is 13.7. The summed E-state index contributed by atoms with van der Waals surface area (Å²) in [6.07, 6.45) is 4.93. The van der Waals surface area contributed by atoms with E-state index in [1.54, 1.807) is 0 Å². The zero-order valence-corrected chi connectivity index (χ0v) is 12.2. The predicted molar refractivity (Wildman–Crippen MR) is 80.7 cm³/mol. The molecule has 0 aliphatic carbocycles. The predicted octanol–water partition coefficient (Wildman–Crippen LogP) is 3.67. The van der Waals surface area contributed by atoms with Gasteiger partial charge in [0, 0.05) is 24.3 Å². The zero-order valence-electron chi connectivity index (χ0n) is 12.2. The fourth-order valence-corrected chi connectivity index (χ4v) is 2.43. The minimum Gasteiger partial charge on any atom is -0.371 e. The number of unbranched alkanes of at least 4 members (excludes halogenated alkanes) is 2. The highest BCUT2D eigenvalue weighted by molar-refractivity contribution is 5.83. The van der Waals surface area contributed by atoms with E-state index in [1.165, 1.54) is 36.9 Å². The molecule has 1 aromatic heterocycles. The molecule has 2 rings (SSSR count). The normalized spacial score (nSPS) is 11.1. The molecule has 0 bridgehead atoms. The molecule has 1 N–H and O–H groups in total. The van der Waals surface area contributed by atoms with Gasteiger partial charge in [-0.25, -0.2) is 0 Å². The van der Waals surface area contributed by atoms with Crippen molar-refractivity contribution >= 4 is 16.7 Å². The summed E-state index contributed by atoms with van der Waals surface area (Å²) in [5.74, 6) is 0. The molecule has 0 saturated heterocycles. The number of aromatic nitrogens is 3. The van der Waals surface area contributed by atoms with E-state index in [9.17, 15) is 0 Å². The number of anilines is 1. The van der Waals surface area contributed by atoms with Gasteiger partial charge in [-0.05, 0) is 31.9 Å². The highest BCUT2D eigenvalue weighted by atomic mass is 15.3. The number of H-pyrrole nitrogens is 1. The Morgan fingerprint density at radius 2 is 1.74 bits per heavy atom. The van der Waals surface area contributed by atoms with Crippen molar-refractivity contribution in [2.75, 3.05) is 18.0 Å². The number of aryl methyl sites for hydroxylation is 1. The molecule has 4 heteroatoms. The quantitative estimate of drug-likeness (QED) is 0.826. The van der Waals surface area contributed by atoms with Crippen LogP contribution in [0.3, 0.4) is 0 Å². The monoisotopic (exact) mass is 260 g/mol. The number of nitrogens with zero attached hydrogens (tertiary/aromatic N) is 3. The minimum absolute atomic E-state index is 0.951. The van der Waals surface area contributed by atoms with Crippen LogP contribution in [0, 0.1) is 6.92 Å². The number of aromatic amines is 1. The molecule has 0 aliphatic heterocycles. The summed E-state index contributed by atoms with van der Waals surface area (Å²) < 4.78 is 0. The van der Waals surface area contributed by atoms with Crippen LogP contribution in [0.25, 0.3) is 11.0 Å². The smallest absolute Gasteiger partial charge is 0.117 e. The molecule has 0 aliphatic rings. The van der Waals surface area contributed by atoms with Gasteiger partial charge in [0.1, 0.15) is 11.0 Å². The van der Waals surface area contributed by atoms with E-state index in [4.69, 9.17) is 0 Å². The van der Waals surface area contributed by atoms with Gasteiger partial charge in [0.15, 0.2) is 0 Å². The lowest BCUT2D eigenvalue weighted by Gasteiger charge is -2.26.